The normalized spacial score (nSPS) is 11.5. The van der Waals surface area contributed by atoms with Crippen molar-refractivity contribution in [1.82, 2.24) is 0 Å². The minimum atomic E-state index is -6.04. The number of aromatic hydroxyl groups is 2. The van der Waals surface area contributed by atoms with E-state index >= 15 is 0 Å². The predicted octanol–water partition coefficient (Wildman–Crippen LogP) is 33.8. The standard InChI is InChI=1S/C37H25F3N2O4S.C36H26N2O2.C19H14O.C18H14BrNO.C5H12.C2H3F3O5S2/c38-37(39,40)47(43,44)46-30-21-23-33(41(26-12-4-1-5-13-26)27-14-6-2-7-15-27)34(25-30)42(28-16-8-3-9-17-28)29-20-22-32-31-18-10-11-19-35(31)45-36(32)24-29;39-30-21-23-33(37(26-12-4-1-5-13-26)27-14-6-2-7-15-27)34(25-30)38(28-16-8-3-9-17-28)29-20-22-32-31-18-10-11-19-35(31)40-36(32)24-29;1-2-6-14(7-3-1)12-15-10-11-17-16-8-4-5-9-18(16)20-19(17)13-15;19-17-13-16(21)11-12-18(17)20(14-7-3-1-4-8-14)15-9-5-2-6-10-15;1-3-5-4-2;1-11(6,7)10-12(8,9)2(3,4)5/h1-25H;1-25,39H;1-11,13H,12H2;1-13,21H;3-5H2,1-2H3;1H3. The van der Waals surface area contributed by atoms with Crippen molar-refractivity contribution >= 4 is 197 Å². The van der Waals surface area contributed by atoms with Crippen molar-refractivity contribution in [3.63, 3.8) is 0 Å². The van der Waals surface area contributed by atoms with E-state index in [-0.39, 0.29) is 17.8 Å². The molecule has 0 saturated heterocycles. The number of nitrogens with zero attached hydrogens (tertiary/aromatic N) is 5. The molecule has 0 amide bonds. The first-order valence-electron chi connectivity index (χ1n) is 45.8. The Labute approximate surface area is 843 Å². The van der Waals surface area contributed by atoms with Crippen molar-refractivity contribution in [2.75, 3.05) is 30.8 Å². The van der Waals surface area contributed by atoms with Gasteiger partial charge >= 0.3 is 31.3 Å². The molecule has 0 fully saturated rings. The van der Waals surface area contributed by atoms with Gasteiger partial charge in [0.2, 0.25) is 0 Å². The summed E-state index contributed by atoms with van der Waals surface area (Å²) in [4.78, 5) is 10.3. The molecule has 0 radical (unpaired) electrons. The highest BCUT2D eigenvalue weighted by molar-refractivity contribution is 9.10. The second kappa shape index (κ2) is 45.7. The zero-order valence-electron chi connectivity index (χ0n) is 78.1. The Morgan fingerprint density at radius 2 is 0.559 bits per heavy atom. The molecule has 145 heavy (non-hydrogen) atoms. The Morgan fingerprint density at radius 1 is 0.276 bits per heavy atom. The lowest BCUT2D eigenvalue weighted by Gasteiger charge is -2.33. The second-order valence-corrected chi connectivity index (χ2v) is 38.7. The third-order valence-corrected chi connectivity index (χ3v) is 26.7. The number of rotatable bonds is 23. The van der Waals surface area contributed by atoms with Crippen LogP contribution in [0.3, 0.4) is 0 Å². The predicted molar refractivity (Wildman–Crippen MR) is 573 cm³/mol. The average molecular weight is 2070 g/mol. The number of anilines is 15. The van der Waals surface area contributed by atoms with E-state index in [1.165, 1.54) is 53.3 Å². The summed E-state index contributed by atoms with van der Waals surface area (Å²) in [6.07, 6.45) is 5.21. The summed E-state index contributed by atoms with van der Waals surface area (Å²) >= 11 is 3.54. The maximum Gasteiger partial charge on any atom is 0.534 e. The topological polar surface area (TPSA) is 217 Å². The van der Waals surface area contributed by atoms with Gasteiger partial charge in [0, 0.05) is 118 Å². The van der Waals surface area contributed by atoms with E-state index in [1.807, 2.05) is 289 Å². The Balaban J connectivity index is 0.000000137. The molecule has 0 saturated carbocycles. The summed E-state index contributed by atoms with van der Waals surface area (Å²) in [5, 5.41) is 26.8. The van der Waals surface area contributed by atoms with Crippen LogP contribution in [0.4, 0.5) is 112 Å². The van der Waals surface area contributed by atoms with E-state index in [2.05, 4.69) is 192 Å². The fraction of sp³-hybridized carbons (Fsp3) is 0.0769. The zero-order valence-corrected chi connectivity index (χ0v) is 82.2. The van der Waals surface area contributed by atoms with Crippen LogP contribution in [0.25, 0.3) is 65.8 Å². The minimum absolute atomic E-state index is 0.186. The van der Waals surface area contributed by atoms with Crippen molar-refractivity contribution in [3.05, 3.63) is 471 Å². The van der Waals surface area contributed by atoms with Crippen molar-refractivity contribution in [2.45, 2.75) is 50.5 Å². The lowest BCUT2D eigenvalue weighted by atomic mass is 10.0. The molecular formula is C117H94BrF6N5O13S3. The van der Waals surface area contributed by atoms with Crippen LogP contribution in [-0.2, 0) is 40.4 Å². The third kappa shape index (κ3) is 24.7. The first-order chi connectivity index (χ1) is 70.0. The van der Waals surface area contributed by atoms with E-state index in [4.69, 9.17) is 13.3 Å². The van der Waals surface area contributed by atoms with Crippen LogP contribution in [0.2, 0.25) is 0 Å². The lowest BCUT2D eigenvalue weighted by Crippen LogP contribution is -2.28. The number of alkyl halides is 6. The van der Waals surface area contributed by atoms with Crippen LogP contribution in [-0.4, -0.2) is 52.7 Å². The van der Waals surface area contributed by atoms with Gasteiger partial charge in [-0.1, -0.05) is 276 Å². The highest BCUT2D eigenvalue weighted by Gasteiger charge is 2.50. The van der Waals surface area contributed by atoms with Crippen molar-refractivity contribution in [2.24, 2.45) is 0 Å². The van der Waals surface area contributed by atoms with Crippen LogP contribution in [0.15, 0.2) is 473 Å². The van der Waals surface area contributed by atoms with E-state index in [1.54, 1.807) is 24.3 Å². The molecule has 3 aromatic heterocycles. The monoisotopic (exact) mass is 2070 g/mol. The van der Waals surface area contributed by atoms with E-state index in [9.17, 15) is 61.8 Å². The second-order valence-electron chi connectivity index (χ2n) is 33.0. The maximum absolute atomic E-state index is 13.5. The third-order valence-electron chi connectivity index (χ3n) is 22.8. The summed E-state index contributed by atoms with van der Waals surface area (Å²) in [6, 6.07) is 147. The van der Waals surface area contributed by atoms with E-state index in [0.29, 0.717) is 33.9 Å². The van der Waals surface area contributed by atoms with Gasteiger partial charge in [0.25, 0.3) is 10.1 Å². The number of furan rings is 3. The van der Waals surface area contributed by atoms with E-state index in [0.717, 1.165) is 117 Å². The van der Waals surface area contributed by atoms with Crippen LogP contribution >= 0.6 is 15.9 Å². The molecule has 3 heterocycles. The zero-order chi connectivity index (χ0) is 102. The molecule has 0 aliphatic carbocycles. The fourth-order valence-electron chi connectivity index (χ4n) is 16.4. The van der Waals surface area contributed by atoms with Crippen molar-refractivity contribution in [3.8, 4) is 17.2 Å². The van der Waals surface area contributed by atoms with Crippen LogP contribution in [0.5, 0.6) is 17.2 Å². The Kier molecular flexibility index (Phi) is 32.0. The number of phenolic OH excluding ortho intramolecular Hbond substituents is 2. The number of hydrogen-bond acceptors (Lipinski definition) is 18. The molecule has 732 valence electrons. The number of unbranched alkanes of at least 4 members (excludes halogenated alkanes) is 2. The molecule has 21 aromatic rings. The lowest BCUT2D eigenvalue weighted by molar-refractivity contribution is -0.0503. The fourth-order valence-corrected chi connectivity index (χ4v) is 19.0. The first kappa shape index (κ1) is 102. The van der Waals surface area contributed by atoms with Gasteiger partial charge in [0.05, 0.1) is 34.7 Å². The number of hydrogen-bond donors (Lipinski definition) is 2. The van der Waals surface area contributed by atoms with Gasteiger partial charge in [-0.2, -0.15) is 51.6 Å². The molecule has 21 rings (SSSR count). The molecular weight excluding hydrogens is 1970 g/mol. The number of fused-ring (bicyclic) bond motifs is 9. The van der Waals surface area contributed by atoms with E-state index < -0.39 is 47.1 Å². The SMILES string of the molecule is CCCCC.CS(=O)(=O)OS(=O)(=O)C(F)(F)F.O=S(=O)(Oc1ccc(N(c2ccccc2)c2ccccc2)c(N(c2ccccc2)c2ccc3c(c2)oc2ccccc23)c1)C(F)(F)F.Oc1ccc(N(c2ccccc2)c2ccccc2)c(Br)c1.Oc1ccc(N(c2ccccc2)c2ccccc2)c(N(c2ccccc2)c2ccc3c(c2)oc2ccccc23)c1.c1ccc(Cc2ccc3c(c2)oc2ccccc23)cc1. The van der Waals surface area contributed by atoms with Crippen LogP contribution < -0.4 is 28.7 Å². The average Bonchev–Trinajstić information content (AvgIpc) is 1.33. The number of benzene rings is 18. The van der Waals surface area contributed by atoms with Gasteiger partial charge in [-0.25, -0.2) is 0 Å². The molecule has 0 aliphatic rings. The minimum Gasteiger partial charge on any atom is -0.508 e. The molecule has 18 nitrogen and oxygen atoms in total. The number of halogens is 7. The van der Waals surface area contributed by atoms with Gasteiger partial charge in [0.15, 0.2) is 0 Å². The largest absolute Gasteiger partial charge is 0.534 e. The highest BCUT2D eigenvalue weighted by atomic mass is 79.9. The molecule has 0 atom stereocenters. The number of phenols is 2. The number of para-hydroxylation sites is 11. The molecule has 0 aliphatic heterocycles. The molecule has 0 unspecified atom stereocenters. The van der Waals surface area contributed by atoms with Gasteiger partial charge in [0.1, 0.15) is 50.7 Å². The summed E-state index contributed by atoms with van der Waals surface area (Å²) in [6.45, 7) is 4.42. The Morgan fingerprint density at radius 3 is 0.883 bits per heavy atom. The van der Waals surface area contributed by atoms with Gasteiger partial charge in [-0.05, 0) is 222 Å². The molecule has 18 aromatic carbocycles. The Bertz CT molecular complexity index is 8210. The molecule has 28 heteroatoms. The first-order valence-corrected chi connectivity index (χ1v) is 51.3. The van der Waals surface area contributed by atoms with Gasteiger partial charge in [-0.15, -0.1) is 3.63 Å². The summed E-state index contributed by atoms with van der Waals surface area (Å²) in [5.74, 6) is -0.0786. The van der Waals surface area contributed by atoms with Crippen LogP contribution in [0, 0.1) is 0 Å². The van der Waals surface area contributed by atoms with Gasteiger partial charge in [-0.3, -0.25) is 0 Å². The molecule has 0 spiro atoms. The summed E-state index contributed by atoms with van der Waals surface area (Å²) < 4.78 is 165. The smallest absolute Gasteiger partial charge is 0.508 e. The summed E-state index contributed by atoms with van der Waals surface area (Å²) in [7, 11) is -16.7. The Hall–Kier alpha value is -16.4. The highest BCUT2D eigenvalue weighted by Crippen LogP contribution is 2.52. The molecule has 0 bridgehead atoms. The van der Waals surface area contributed by atoms with Gasteiger partial charge < -0.3 is 52.1 Å². The van der Waals surface area contributed by atoms with Crippen molar-refractivity contribution < 1.29 is 82.9 Å². The van der Waals surface area contributed by atoms with Crippen LogP contribution in [0.1, 0.15) is 44.2 Å². The van der Waals surface area contributed by atoms with Crippen molar-refractivity contribution in [1.29, 1.82) is 0 Å². The quantitative estimate of drug-likeness (QED) is 0.0346. The maximum atomic E-state index is 13.5. The molecule has 2 N–H and O–H groups in total. The summed E-state index contributed by atoms with van der Waals surface area (Å²) in [5.41, 5.74) is 8.60.